The van der Waals surface area contributed by atoms with Crippen LogP contribution in [0, 0.1) is 6.92 Å². The van der Waals surface area contributed by atoms with Crippen molar-refractivity contribution in [1.29, 1.82) is 0 Å². The highest BCUT2D eigenvalue weighted by atomic mass is 32.2. The van der Waals surface area contributed by atoms with Gasteiger partial charge in [-0.3, -0.25) is 4.79 Å². The fourth-order valence-electron chi connectivity index (χ4n) is 3.04. The number of rotatable bonds is 6. The Morgan fingerprint density at radius 1 is 1.07 bits per heavy atom. The molecule has 27 heavy (non-hydrogen) atoms. The van der Waals surface area contributed by atoms with Crippen LogP contribution >= 0.6 is 0 Å². The van der Waals surface area contributed by atoms with Crippen molar-refractivity contribution in [3.8, 4) is 11.5 Å². The molecule has 1 fully saturated rings. The van der Waals surface area contributed by atoms with Crippen LogP contribution in [0.1, 0.15) is 12.0 Å². The molecule has 1 saturated heterocycles. The second-order valence-corrected chi connectivity index (χ2v) is 8.06. The monoisotopic (exact) mass is 390 g/mol. The fraction of sp³-hybridized carbons (Fsp3) is 0.316. The van der Waals surface area contributed by atoms with E-state index < -0.39 is 16.1 Å². The van der Waals surface area contributed by atoms with E-state index in [1.54, 1.807) is 11.0 Å². The molecule has 0 spiro atoms. The number of carbonyl (C=O) groups excluding carboxylic acids is 1. The normalized spacial score (nSPS) is 17.2. The molecule has 1 heterocycles. The van der Waals surface area contributed by atoms with Crippen LogP contribution in [0.15, 0.2) is 47.4 Å². The average Bonchev–Trinajstić information content (AvgIpc) is 3.01. The second kappa shape index (κ2) is 7.58. The van der Waals surface area contributed by atoms with Gasteiger partial charge in [-0.1, -0.05) is 17.7 Å². The van der Waals surface area contributed by atoms with Crippen LogP contribution in [0.5, 0.6) is 11.5 Å². The van der Waals surface area contributed by atoms with Gasteiger partial charge in [0.15, 0.2) is 0 Å². The predicted octanol–water partition coefficient (Wildman–Crippen LogP) is 2.10. The summed E-state index contributed by atoms with van der Waals surface area (Å²) in [5, 5.41) is 0. The van der Waals surface area contributed by atoms with Gasteiger partial charge in [0.25, 0.3) is 0 Å². The Labute approximate surface area is 158 Å². The van der Waals surface area contributed by atoms with Crippen molar-refractivity contribution in [1.82, 2.24) is 4.72 Å². The summed E-state index contributed by atoms with van der Waals surface area (Å²) in [7, 11) is -1.03. The van der Waals surface area contributed by atoms with E-state index in [0.29, 0.717) is 5.75 Å². The summed E-state index contributed by atoms with van der Waals surface area (Å²) in [6, 6.07) is 11.6. The van der Waals surface area contributed by atoms with Gasteiger partial charge in [-0.05, 0) is 31.2 Å². The summed E-state index contributed by atoms with van der Waals surface area (Å²) in [6.07, 6.45) is 0.0966. The highest BCUT2D eigenvalue weighted by molar-refractivity contribution is 7.89. The minimum Gasteiger partial charge on any atom is -0.497 e. The molecule has 7 nitrogen and oxygen atoms in total. The minimum absolute atomic E-state index is 0.0226. The third-order valence-corrected chi connectivity index (χ3v) is 5.99. The lowest BCUT2D eigenvalue weighted by molar-refractivity contribution is -0.117. The number of methoxy groups -OCH3 is 2. The Bertz CT molecular complexity index is 941. The molecule has 1 aliphatic heterocycles. The van der Waals surface area contributed by atoms with Crippen LogP contribution in [-0.4, -0.2) is 41.1 Å². The quantitative estimate of drug-likeness (QED) is 0.816. The first-order valence-corrected chi connectivity index (χ1v) is 9.94. The second-order valence-electron chi connectivity index (χ2n) is 6.38. The van der Waals surface area contributed by atoms with E-state index in [1.165, 1.54) is 26.4 Å². The Balaban J connectivity index is 1.81. The van der Waals surface area contributed by atoms with Gasteiger partial charge in [0.2, 0.25) is 15.9 Å². The van der Waals surface area contributed by atoms with Gasteiger partial charge in [-0.2, -0.15) is 0 Å². The Hall–Kier alpha value is -2.58. The zero-order valence-corrected chi connectivity index (χ0v) is 16.2. The van der Waals surface area contributed by atoms with Crippen molar-refractivity contribution < 1.29 is 22.7 Å². The maximum atomic E-state index is 12.9. The maximum absolute atomic E-state index is 12.9. The molecule has 0 aromatic heterocycles. The third-order valence-electron chi connectivity index (χ3n) is 4.45. The molecule has 0 bridgehead atoms. The van der Waals surface area contributed by atoms with Gasteiger partial charge < -0.3 is 14.4 Å². The first kappa shape index (κ1) is 19.2. The molecule has 1 aliphatic rings. The zero-order valence-electron chi connectivity index (χ0n) is 15.4. The number of hydrogen-bond donors (Lipinski definition) is 1. The fourth-order valence-corrected chi connectivity index (χ4v) is 4.45. The summed E-state index contributed by atoms with van der Waals surface area (Å²) in [5.74, 6) is 0.493. The topological polar surface area (TPSA) is 84.9 Å². The number of nitrogens with zero attached hydrogens (tertiary/aromatic N) is 1. The molecule has 2 aromatic carbocycles. The molecule has 1 amide bonds. The number of anilines is 1. The highest BCUT2D eigenvalue weighted by Gasteiger charge is 2.34. The number of benzene rings is 2. The van der Waals surface area contributed by atoms with Crippen LogP contribution in [0.3, 0.4) is 0 Å². The van der Waals surface area contributed by atoms with Crippen LogP contribution < -0.4 is 19.1 Å². The molecule has 0 saturated carbocycles. The van der Waals surface area contributed by atoms with Gasteiger partial charge >= 0.3 is 0 Å². The lowest BCUT2D eigenvalue weighted by Gasteiger charge is -2.18. The van der Waals surface area contributed by atoms with Crippen molar-refractivity contribution >= 4 is 21.6 Å². The van der Waals surface area contributed by atoms with Crippen LogP contribution in [-0.2, 0) is 14.8 Å². The molecular formula is C19H22N2O5S. The van der Waals surface area contributed by atoms with Crippen molar-refractivity contribution in [2.45, 2.75) is 24.3 Å². The molecular weight excluding hydrogens is 368 g/mol. The van der Waals surface area contributed by atoms with Gasteiger partial charge in [-0.25, -0.2) is 13.1 Å². The first-order valence-electron chi connectivity index (χ1n) is 8.45. The van der Waals surface area contributed by atoms with E-state index >= 15 is 0 Å². The molecule has 3 rings (SSSR count). The number of hydrogen-bond acceptors (Lipinski definition) is 5. The molecule has 0 radical (unpaired) electrons. The van der Waals surface area contributed by atoms with Crippen molar-refractivity contribution in [2.75, 3.05) is 25.7 Å². The molecule has 0 aliphatic carbocycles. The molecule has 144 valence electrons. The van der Waals surface area contributed by atoms with Crippen molar-refractivity contribution in [3.05, 3.63) is 48.0 Å². The zero-order chi connectivity index (χ0) is 19.6. The molecule has 8 heteroatoms. The number of aryl methyl sites for hydroxylation is 1. The molecule has 2 aromatic rings. The van der Waals surface area contributed by atoms with Crippen molar-refractivity contribution in [3.63, 3.8) is 0 Å². The van der Waals surface area contributed by atoms with E-state index in [2.05, 4.69) is 4.72 Å². The van der Waals surface area contributed by atoms with Crippen LogP contribution in [0.2, 0.25) is 0 Å². The average molecular weight is 390 g/mol. The first-order chi connectivity index (χ1) is 12.8. The lowest BCUT2D eigenvalue weighted by atomic mass is 10.2. The summed E-state index contributed by atoms with van der Waals surface area (Å²) in [6.45, 7) is 2.24. The minimum atomic E-state index is -3.89. The van der Waals surface area contributed by atoms with Gasteiger partial charge in [0, 0.05) is 30.8 Å². The number of sulfonamides is 1. The Morgan fingerprint density at radius 3 is 2.41 bits per heavy atom. The molecule has 1 atom stereocenters. The number of ether oxygens (including phenoxy) is 2. The Morgan fingerprint density at radius 2 is 1.78 bits per heavy atom. The largest absolute Gasteiger partial charge is 0.497 e. The molecule has 1 N–H and O–H groups in total. The van der Waals surface area contributed by atoms with Crippen LogP contribution in [0.4, 0.5) is 5.69 Å². The number of carbonyl (C=O) groups is 1. The SMILES string of the molecule is COc1ccc(OC)c(S(=O)(=O)N[C@@H]2CC(=O)N(c3ccc(C)cc3)C2)c1. The predicted molar refractivity (Wildman–Crippen MR) is 102 cm³/mol. The van der Waals surface area contributed by atoms with E-state index in [4.69, 9.17) is 9.47 Å². The standard InChI is InChI=1S/C19H22N2O5S/c1-13-4-6-15(7-5-13)21-12-14(10-19(21)22)20-27(23,24)18-11-16(25-2)8-9-17(18)26-3/h4-9,11,14,20H,10,12H2,1-3H3/t14-/m1/s1. The van der Waals surface area contributed by atoms with E-state index in [0.717, 1.165) is 11.3 Å². The lowest BCUT2D eigenvalue weighted by Crippen LogP contribution is -2.37. The van der Waals surface area contributed by atoms with Gasteiger partial charge in [0.1, 0.15) is 16.4 Å². The third kappa shape index (κ3) is 4.06. The van der Waals surface area contributed by atoms with Gasteiger partial charge in [-0.15, -0.1) is 0 Å². The number of nitrogens with one attached hydrogen (secondary N) is 1. The Kier molecular flexibility index (Phi) is 5.38. The summed E-state index contributed by atoms with van der Waals surface area (Å²) >= 11 is 0. The van der Waals surface area contributed by atoms with Crippen LogP contribution in [0.25, 0.3) is 0 Å². The van der Waals surface area contributed by atoms with Gasteiger partial charge in [0.05, 0.1) is 14.2 Å². The summed E-state index contributed by atoms with van der Waals surface area (Å²) in [5.41, 5.74) is 1.85. The summed E-state index contributed by atoms with van der Waals surface area (Å²) < 4.78 is 38.6. The summed E-state index contributed by atoms with van der Waals surface area (Å²) in [4.78, 5) is 13.9. The van der Waals surface area contributed by atoms with E-state index in [1.807, 2.05) is 31.2 Å². The number of amides is 1. The smallest absolute Gasteiger partial charge is 0.244 e. The van der Waals surface area contributed by atoms with E-state index in [9.17, 15) is 13.2 Å². The molecule has 0 unspecified atom stereocenters. The van der Waals surface area contributed by atoms with E-state index in [-0.39, 0.29) is 29.5 Å². The maximum Gasteiger partial charge on any atom is 0.244 e. The van der Waals surface area contributed by atoms with Crippen molar-refractivity contribution in [2.24, 2.45) is 0 Å². The highest BCUT2D eigenvalue weighted by Crippen LogP contribution is 2.29.